The first-order chi connectivity index (χ1) is 12.5. The van der Waals surface area contributed by atoms with Crippen LogP contribution in [0, 0.1) is 31.1 Å². The summed E-state index contributed by atoms with van der Waals surface area (Å²) in [6.07, 6.45) is 8.41. The van der Waals surface area contributed by atoms with Crippen LogP contribution >= 0.6 is 0 Å². The summed E-state index contributed by atoms with van der Waals surface area (Å²) in [6, 6.07) is 2.73. The van der Waals surface area contributed by atoms with Gasteiger partial charge in [-0.15, -0.1) is 0 Å². The molecule has 0 bridgehead atoms. The largest absolute Gasteiger partial charge is 0.327 e. The Morgan fingerprint density at radius 1 is 1.19 bits per heavy atom. The van der Waals surface area contributed by atoms with Crippen LogP contribution in [0.3, 0.4) is 0 Å². The molecule has 0 aromatic carbocycles. The van der Waals surface area contributed by atoms with Gasteiger partial charge in [0.15, 0.2) is 0 Å². The highest BCUT2D eigenvalue weighted by molar-refractivity contribution is 5.93. The molecule has 26 heavy (non-hydrogen) atoms. The molecular weight excluding hydrogens is 324 g/mol. The molecule has 1 N–H and O–H groups in total. The number of rotatable bonds is 4. The Morgan fingerprint density at radius 2 is 1.92 bits per heavy atom. The fourth-order valence-electron chi connectivity index (χ4n) is 4.69. The predicted octanol–water partition coefficient (Wildman–Crippen LogP) is 4.15. The third kappa shape index (κ3) is 3.96. The Morgan fingerprint density at radius 3 is 2.58 bits per heavy atom. The highest BCUT2D eigenvalue weighted by Crippen LogP contribution is 2.36. The Hall–Kier alpha value is -1.80. The van der Waals surface area contributed by atoms with Crippen LogP contribution in [0.2, 0.25) is 0 Å². The molecule has 5 nitrogen and oxygen atoms in total. The number of aromatic nitrogens is 1. The normalized spacial score (nSPS) is 22.2. The van der Waals surface area contributed by atoms with Crippen LogP contribution in [-0.4, -0.2) is 35.0 Å². The summed E-state index contributed by atoms with van der Waals surface area (Å²) in [5.74, 6) is 1.39. The van der Waals surface area contributed by atoms with Crippen LogP contribution in [0.1, 0.15) is 74.7 Å². The molecular formula is C21H32N4O. The van der Waals surface area contributed by atoms with Crippen molar-refractivity contribution in [2.75, 3.05) is 25.0 Å². The summed E-state index contributed by atoms with van der Waals surface area (Å²) in [5.41, 5.74) is 2.75. The summed E-state index contributed by atoms with van der Waals surface area (Å²) in [4.78, 5) is 15.0. The number of nitriles is 1. The van der Waals surface area contributed by atoms with Crippen molar-refractivity contribution >= 4 is 11.7 Å². The minimum Gasteiger partial charge on any atom is -0.327 e. The van der Waals surface area contributed by atoms with Gasteiger partial charge in [-0.25, -0.2) is 0 Å². The monoisotopic (exact) mass is 356 g/mol. The molecule has 1 aromatic heterocycles. The van der Waals surface area contributed by atoms with E-state index in [-0.39, 0.29) is 5.91 Å². The smallest absolute Gasteiger partial charge is 0.239 e. The third-order valence-electron chi connectivity index (χ3n) is 6.17. The highest BCUT2D eigenvalue weighted by Gasteiger charge is 2.26. The second kappa shape index (κ2) is 8.26. The van der Waals surface area contributed by atoms with Crippen molar-refractivity contribution in [1.82, 2.24) is 9.47 Å². The number of anilines is 1. The Balaban J connectivity index is 1.80. The van der Waals surface area contributed by atoms with Crippen molar-refractivity contribution in [3.8, 4) is 6.07 Å². The van der Waals surface area contributed by atoms with E-state index in [1.54, 1.807) is 0 Å². The zero-order chi connectivity index (χ0) is 18.7. The van der Waals surface area contributed by atoms with Crippen molar-refractivity contribution < 1.29 is 4.79 Å². The molecule has 1 aliphatic heterocycles. The Bertz CT molecular complexity index is 694. The van der Waals surface area contributed by atoms with E-state index in [1.807, 2.05) is 6.92 Å². The number of piperidine rings is 1. The van der Waals surface area contributed by atoms with Gasteiger partial charge in [0.25, 0.3) is 0 Å². The number of amides is 1. The van der Waals surface area contributed by atoms with E-state index in [4.69, 9.17) is 0 Å². The quantitative estimate of drug-likeness (QED) is 0.881. The summed E-state index contributed by atoms with van der Waals surface area (Å²) >= 11 is 0. The van der Waals surface area contributed by atoms with Crippen molar-refractivity contribution in [3.05, 3.63) is 16.8 Å². The van der Waals surface area contributed by atoms with Gasteiger partial charge in [-0.2, -0.15) is 5.26 Å². The van der Waals surface area contributed by atoms with Gasteiger partial charge in [0.2, 0.25) is 5.91 Å². The lowest BCUT2D eigenvalue weighted by molar-refractivity contribution is -0.117. The lowest BCUT2D eigenvalue weighted by Gasteiger charge is -2.30. The summed E-state index contributed by atoms with van der Waals surface area (Å²) in [5, 5.41) is 12.8. The van der Waals surface area contributed by atoms with Gasteiger partial charge in [0, 0.05) is 18.3 Å². The van der Waals surface area contributed by atoms with Crippen LogP contribution in [0.25, 0.3) is 0 Å². The molecule has 1 saturated heterocycles. The minimum atomic E-state index is 0.00478. The molecule has 1 amide bonds. The first-order valence-corrected chi connectivity index (χ1v) is 10.1. The van der Waals surface area contributed by atoms with Crippen LogP contribution in [-0.2, 0) is 4.79 Å². The molecule has 0 radical (unpaired) electrons. The molecule has 3 rings (SSSR count). The zero-order valence-electron chi connectivity index (χ0n) is 16.5. The van der Waals surface area contributed by atoms with Gasteiger partial charge < -0.3 is 9.88 Å². The van der Waals surface area contributed by atoms with Gasteiger partial charge in [-0.3, -0.25) is 9.69 Å². The first-order valence-electron chi connectivity index (χ1n) is 10.1. The number of likely N-dealkylation sites (tertiary alicyclic amines) is 1. The number of carbonyl (C=O) groups excluding carboxylic acids is 1. The van der Waals surface area contributed by atoms with Gasteiger partial charge in [0.1, 0.15) is 11.9 Å². The third-order valence-corrected chi connectivity index (χ3v) is 6.17. The average molecular weight is 357 g/mol. The minimum absolute atomic E-state index is 0.00478. The van der Waals surface area contributed by atoms with E-state index >= 15 is 0 Å². The molecule has 142 valence electrons. The number of hydrogen-bond acceptors (Lipinski definition) is 3. The van der Waals surface area contributed by atoms with Crippen LogP contribution in [0.4, 0.5) is 5.82 Å². The van der Waals surface area contributed by atoms with Gasteiger partial charge >= 0.3 is 0 Å². The van der Waals surface area contributed by atoms with Crippen LogP contribution < -0.4 is 5.32 Å². The maximum absolute atomic E-state index is 12.7. The summed E-state index contributed by atoms with van der Waals surface area (Å²) in [6.45, 7) is 8.72. The first kappa shape index (κ1) is 19.0. The molecule has 1 atom stereocenters. The van der Waals surface area contributed by atoms with Crippen LogP contribution in [0.5, 0.6) is 0 Å². The van der Waals surface area contributed by atoms with Gasteiger partial charge in [-0.05, 0) is 57.6 Å². The average Bonchev–Trinajstić information content (AvgIpc) is 2.85. The predicted molar refractivity (Wildman–Crippen MR) is 104 cm³/mol. The van der Waals surface area contributed by atoms with E-state index in [1.165, 1.54) is 25.7 Å². The number of nitrogens with zero attached hydrogens (tertiary/aromatic N) is 3. The van der Waals surface area contributed by atoms with Gasteiger partial charge in [0.05, 0.1) is 12.1 Å². The molecule has 2 fully saturated rings. The second-order valence-corrected chi connectivity index (χ2v) is 8.24. The molecule has 1 aromatic rings. The zero-order valence-corrected chi connectivity index (χ0v) is 16.5. The number of carbonyl (C=O) groups is 1. The SMILES string of the molecule is Cc1c(C#N)c(NC(=O)CN2CCC[C@H](C)C2)n(C2CCCCC2)c1C. The Labute approximate surface area is 157 Å². The van der Waals surface area contributed by atoms with Gasteiger partial charge in [-0.1, -0.05) is 26.2 Å². The van der Waals surface area contributed by atoms with Crippen molar-refractivity contribution in [3.63, 3.8) is 0 Å². The fourth-order valence-corrected chi connectivity index (χ4v) is 4.69. The maximum Gasteiger partial charge on any atom is 0.239 e. The molecule has 5 heteroatoms. The van der Waals surface area contributed by atoms with Crippen molar-refractivity contribution in [2.24, 2.45) is 5.92 Å². The van der Waals surface area contributed by atoms with E-state index in [9.17, 15) is 10.1 Å². The van der Waals surface area contributed by atoms with Crippen molar-refractivity contribution in [2.45, 2.75) is 71.8 Å². The summed E-state index contributed by atoms with van der Waals surface area (Å²) in [7, 11) is 0. The highest BCUT2D eigenvalue weighted by atomic mass is 16.2. The molecule has 0 spiro atoms. The van der Waals surface area contributed by atoms with Crippen molar-refractivity contribution in [1.29, 1.82) is 5.26 Å². The van der Waals surface area contributed by atoms with E-state index in [0.717, 1.165) is 49.4 Å². The molecule has 0 unspecified atom stereocenters. The Kier molecular flexibility index (Phi) is 6.03. The standard InChI is InChI=1S/C21H32N4O/c1-15-8-7-11-24(13-15)14-20(26)23-21-19(12-22)16(2)17(3)25(21)18-9-5-4-6-10-18/h15,18H,4-11,13-14H2,1-3H3,(H,23,26)/t15-/m0/s1. The fraction of sp³-hybridized carbons (Fsp3) is 0.714. The number of nitrogens with one attached hydrogen (secondary N) is 1. The summed E-state index contributed by atoms with van der Waals surface area (Å²) < 4.78 is 2.24. The topological polar surface area (TPSA) is 61.1 Å². The van der Waals surface area contributed by atoms with E-state index < -0.39 is 0 Å². The molecule has 1 aliphatic carbocycles. The molecule has 1 saturated carbocycles. The molecule has 2 aliphatic rings. The number of hydrogen-bond donors (Lipinski definition) is 1. The lowest BCUT2D eigenvalue weighted by atomic mass is 9.95. The second-order valence-electron chi connectivity index (χ2n) is 8.24. The van der Waals surface area contributed by atoms with E-state index in [2.05, 4.69) is 34.7 Å². The molecule has 2 heterocycles. The van der Waals surface area contributed by atoms with Crippen LogP contribution in [0.15, 0.2) is 0 Å². The van der Waals surface area contributed by atoms with E-state index in [0.29, 0.717) is 24.1 Å². The lowest BCUT2D eigenvalue weighted by Crippen LogP contribution is -2.40. The maximum atomic E-state index is 12.7.